The number of ether oxygens (including phenoxy) is 1. The van der Waals surface area contributed by atoms with Crippen molar-refractivity contribution in [1.82, 2.24) is 5.32 Å². The predicted octanol–water partition coefficient (Wildman–Crippen LogP) is 3.06. The molecule has 0 bridgehead atoms. The molecule has 1 aromatic carbocycles. The minimum absolute atomic E-state index is 0.0762. The lowest BCUT2D eigenvalue weighted by Gasteiger charge is -2.19. The van der Waals surface area contributed by atoms with Gasteiger partial charge < -0.3 is 15.4 Å². The molecule has 5 nitrogen and oxygen atoms in total. The molecule has 2 amide bonds. The number of carbonyl (C=O) groups excluding carboxylic acids is 2. The second-order valence-electron chi connectivity index (χ2n) is 6.32. The van der Waals surface area contributed by atoms with E-state index >= 15 is 0 Å². The second-order valence-corrected chi connectivity index (χ2v) is 6.32. The molecule has 1 aliphatic carbocycles. The van der Waals surface area contributed by atoms with E-state index in [2.05, 4.69) is 10.6 Å². The molecular formula is C16H22N2O3. The van der Waals surface area contributed by atoms with E-state index in [1.165, 1.54) is 0 Å². The van der Waals surface area contributed by atoms with Crippen molar-refractivity contribution >= 4 is 17.7 Å². The van der Waals surface area contributed by atoms with Crippen molar-refractivity contribution in [3.05, 3.63) is 29.8 Å². The highest BCUT2D eigenvalue weighted by Crippen LogP contribution is 2.30. The molecule has 5 heteroatoms. The van der Waals surface area contributed by atoms with E-state index in [1.807, 2.05) is 45.0 Å². The van der Waals surface area contributed by atoms with E-state index in [-0.39, 0.29) is 11.8 Å². The maximum absolute atomic E-state index is 11.7. The van der Waals surface area contributed by atoms with Gasteiger partial charge in [-0.05, 0) is 51.3 Å². The number of nitrogens with one attached hydrogen (secondary N) is 2. The van der Waals surface area contributed by atoms with E-state index in [4.69, 9.17) is 4.74 Å². The normalized spacial score (nSPS) is 14.4. The number of anilines is 1. The Hall–Kier alpha value is -2.04. The van der Waals surface area contributed by atoms with Crippen molar-refractivity contribution in [1.29, 1.82) is 0 Å². The Balaban J connectivity index is 1.85. The SMILES string of the molecule is CC(C)(C)OC(=O)NCc1cccc(NC(=O)C2CC2)c1. The highest BCUT2D eigenvalue weighted by atomic mass is 16.6. The molecule has 1 fully saturated rings. The maximum Gasteiger partial charge on any atom is 0.407 e. The van der Waals surface area contributed by atoms with Crippen molar-refractivity contribution in [2.45, 2.75) is 45.8 Å². The lowest BCUT2D eigenvalue weighted by atomic mass is 10.2. The summed E-state index contributed by atoms with van der Waals surface area (Å²) in [6, 6.07) is 7.45. The van der Waals surface area contributed by atoms with Crippen LogP contribution in [0, 0.1) is 5.92 Å². The third-order valence-electron chi connectivity index (χ3n) is 2.98. The zero-order valence-electron chi connectivity index (χ0n) is 12.7. The van der Waals surface area contributed by atoms with Crippen molar-refractivity contribution in [2.24, 2.45) is 5.92 Å². The van der Waals surface area contributed by atoms with E-state index in [0.29, 0.717) is 6.54 Å². The van der Waals surface area contributed by atoms with Gasteiger partial charge in [-0.2, -0.15) is 0 Å². The average Bonchev–Trinajstić information content (AvgIpc) is 3.19. The molecule has 21 heavy (non-hydrogen) atoms. The zero-order valence-corrected chi connectivity index (χ0v) is 12.7. The highest BCUT2D eigenvalue weighted by Gasteiger charge is 2.29. The molecule has 0 saturated heterocycles. The molecular weight excluding hydrogens is 268 g/mol. The van der Waals surface area contributed by atoms with Crippen LogP contribution in [0.4, 0.5) is 10.5 Å². The summed E-state index contributed by atoms with van der Waals surface area (Å²) < 4.78 is 5.17. The molecule has 0 aliphatic heterocycles. The van der Waals surface area contributed by atoms with E-state index in [9.17, 15) is 9.59 Å². The van der Waals surface area contributed by atoms with Crippen molar-refractivity contribution in [2.75, 3.05) is 5.32 Å². The van der Waals surface area contributed by atoms with Crippen LogP contribution in [0.3, 0.4) is 0 Å². The third kappa shape index (κ3) is 5.45. The first-order valence-corrected chi connectivity index (χ1v) is 7.20. The summed E-state index contributed by atoms with van der Waals surface area (Å²) in [6.07, 6.45) is 1.51. The maximum atomic E-state index is 11.7. The summed E-state index contributed by atoms with van der Waals surface area (Å²) in [4.78, 5) is 23.3. The molecule has 2 rings (SSSR count). The summed E-state index contributed by atoms with van der Waals surface area (Å²) >= 11 is 0. The van der Waals surface area contributed by atoms with Crippen LogP contribution in [0.25, 0.3) is 0 Å². The topological polar surface area (TPSA) is 67.4 Å². The van der Waals surface area contributed by atoms with Crippen LogP contribution in [0.5, 0.6) is 0 Å². The minimum atomic E-state index is -0.510. The van der Waals surface area contributed by atoms with Crippen LogP contribution in [0.1, 0.15) is 39.2 Å². The summed E-state index contributed by atoms with van der Waals surface area (Å²) in [5, 5.41) is 5.58. The smallest absolute Gasteiger partial charge is 0.407 e. The fourth-order valence-electron chi connectivity index (χ4n) is 1.84. The summed E-state index contributed by atoms with van der Waals surface area (Å²) in [5.41, 5.74) is 1.16. The quantitative estimate of drug-likeness (QED) is 0.895. The van der Waals surface area contributed by atoms with Gasteiger partial charge in [0.2, 0.25) is 5.91 Å². The van der Waals surface area contributed by atoms with Crippen molar-refractivity contribution < 1.29 is 14.3 Å². The minimum Gasteiger partial charge on any atom is -0.444 e. The monoisotopic (exact) mass is 290 g/mol. The Labute approximate surface area is 125 Å². The Morgan fingerprint density at radius 2 is 2.00 bits per heavy atom. The molecule has 1 saturated carbocycles. The Morgan fingerprint density at radius 3 is 2.62 bits per heavy atom. The average molecular weight is 290 g/mol. The molecule has 0 spiro atoms. The fraction of sp³-hybridized carbons (Fsp3) is 0.500. The molecule has 114 valence electrons. The second kappa shape index (κ2) is 6.16. The lowest BCUT2D eigenvalue weighted by molar-refractivity contribution is -0.117. The fourth-order valence-corrected chi connectivity index (χ4v) is 1.84. The van der Waals surface area contributed by atoms with E-state index in [0.717, 1.165) is 24.1 Å². The number of alkyl carbamates (subject to hydrolysis) is 1. The molecule has 0 aromatic heterocycles. The van der Waals surface area contributed by atoms with E-state index < -0.39 is 11.7 Å². The number of amides is 2. The standard InChI is InChI=1S/C16H22N2O3/c1-16(2,3)21-15(20)17-10-11-5-4-6-13(9-11)18-14(19)12-7-8-12/h4-6,9,12H,7-8,10H2,1-3H3,(H,17,20)(H,18,19). The van der Waals surface area contributed by atoms with Gasteiger partial charge in [0.1, 0.15) is 5.60 Å². The molecule has 0 unspecified atom stereocenters. The van der Waals surface area contributed by atoms with Crippen LogP contribution >= 0.6 is 0 Å². The molecule has 2 N–H and O–H groups in total. The summed E-state index contributed by atoms with van der Waals surface area (Å²) in [7, 11) is 0. The zero-order chi connectivity index (χ0) is 15.5. The van der Waals surface area contributed by atoms with Crippen LogP contribution in [0.15, 0.2) is 24.3 Å². The van der Waals surface area contributed by atoms with Gasteiger partial charge in [0.05, 0.1) is 0 Å². The first-order chi connectivity index (χ1) is 9.83. The Kier molecular flexibility index (Phi) is 4.50. The van der Waals surface area contributed by atoms with Gasteiger partial charge in [0.25, 0.3) is 0 Å². The molecule has 1 aromatic rings. The van der Waals surface area contributed by atoms with Crippen molar-refractivity contribution in [3.63, 3.8) is 0 Å². The Bertz CT molecular complexity index is 531. The predicted molar refractivity (Wildman–Crippen MR) is 80.9 cm³/mol. The summed E-state index contributed by atoms with van der Waals surface area (Å²) in [6.45, 7) is 5.82. The largest absolute Gasteiger partial charge is 0.444 e. The molecule has 0 radical (unpaired) electrons. The first-order valence-electron chi connectivity index (χ1n) is 7.20. The van der Waals surface area contributed by atoms with Crippen LogP contribution < -0.4 is 10.6 Å². The van der Waals surface area contributed by atoms with Gasteiger partial charge in [-0.3, -0.25) is 4.79 Å². The number of hydrogen-bond donors (Lipinski definition) is 2. The highest BCUT2D eigenvalue weighted by molar-refractivity contribution is 5.94. The molecule has 0 atom stereocenters. The van der Waals surface area contributed by atoms with Gasteiger partial charge in [0.15, 0.2) is 0 Å². The van der Waals surface area contributed by atoms with E-state index in [1.54, 1.807) is 0 Å². The van der Waals surface area contributed by atoms with Gasteiger partial charge in [-0.25, -0.2) is 4.79 Å². The number of benzene rings is 1. The van der Waals surface area contributed by atoms with Crippen molar-refractivity contribution in [3.8, 4) is 0 Å². The number of hydrogen-bond acceptors (Lipinski definition) is 3. The van der Waals surface area contributed by atoms with Crippen LogP contribution in [-0.4, -0.2) is 17.6 Å². The van der Waals surface area contributed by atoms with Gasteiger partial charge in [0, 0.05) is 18.2 Å². The number of rotatable bonds is 4. The first kappa shape index (κ1) is 15.4. The lowest BCUT2D eigenvalue weighted by Crippen LogP contribution is -2.32. The molecule has 0 heterocycles. The third-order valence-corrected chi connectivity index (χ3v) is 2.98. The van der Waals surface area contributed by atoms with Crippen LogP contribution in [0.2, 0.25) is 0 Å². The summed E-state index contributed by atoms with van der Waals surface area (Å²) in [5.74, 6) is 0.251. The van der Waals surface area contributed by atoms with Crippen LogP contribution in [-0.2, 0) is 16.1 Å². The van der Waals surface area contributed by atoms with Gasteiger partial charge in [-0.15, -0.1) is 0 Å². The molecule has 1 aliphatic rings. The van der Waals surface area contributed by atoms with Gasteiger partial charge in [-0.1, -0.05) is 12.1 Å². The van der Waals surface area contributed by atoms with Gasteiger partial charge >= 0.3 is 6.09 Å². The number of carbonyl (C=O) groups is 2. The Morgan fingerprint density at radius 1 is 1.29 bits per heavy atom.